The second kappa shape index (κ2) is 25.0. The summed E-state index contributed by atoms with van der Waals surface area (Å²) in [6.45, 7) is 6.25. The fourth-order valence-corrected chi connectivity index (χ4v) is 3.24. The molecule has 212 valence electrons. The van der Waals surface area contributed by atoms with Crippen molar-refractivity contribution >= 4 is 23.9 Å². The third-order valence-corrected chi connectivity index (χ3v) is 5.42. The Labute approximate surface area is 223 Å². The quantitative estimate of drug-likeness (QED) is 0.0677. The average Bonchev–Trinajstić information content (AvgIpc) is 2.89. The zero-order valence-electron chi connectivity index (χ0n) is 23.2. The zero-order valence-corrected chi connectivity index (χ0v) is 23.2. The summed E-state index contributed by atoms with van der Waals surface area (Å²) in [7, 11) is 0. The van der Waals surface area contributed by atoms with Crippen LogP contribution in [0, 0.1) is 0 Å². The first-order chi connectivity index (χ1) is 17.9. The molecule has 0 heterocycles. The largest absolute Gasteiger partial charge is 0.466 e. The first-order valence-electron chi connectivity index (χ1n) is 13.9. The highest BCUT2D eigenvalue weighted by atomic mass is 16.6. The van der Waals surface area contributed by atoms with E-state index in [9.17, 15) is 19.2 Å². The van der Waals surface area contributed by atoms with Crippen molar-refractivity contribution in [1.29, 1.82) is 0 Å². The van der Waals surface area contributed by atoms with E-state index >= 15 is 0 Å². The van der Waals surface area contributed by atoms with Crippen LogP contribution in [-0.2, 0) is 38.1 Å². The highest BCUT2D eigenvalue weighted by Gasteiger charge is 2.09. The minimum Gasteiger partial charge on any atom is -0.466 e. The fourth-order valence-electron chi connectivity index (χ4n) is 3.24. The van der Waals surface area contributed by atoms with Crippen molar-refractivity contribution < 1.29 is 38.1 Å². The monoisotopic (exact) mass is 524 g/mol. The standard InChI is InChI=1S/C29H48O8/c1-4-26(30)34-22-18-14-10-6-8-12-16-20-28(32)36-24-25(3)37-29(33)21-17-13-9-7-11-15-19-23-35-27(31)5-2/h16-17,20-21,25H,4-15,18-19,22-24H2,1-3H3/b20-16+,21-17+. The number of hydrogen-bond donors (Lipinski definition) is 0. The van der Waals surface area contributed by atoms with Crippen LogP contribution in [-0.4, -0.2) is 49.8 Å². The summed E-state index contributed by atoms with van der Waals surface area (Å²) in [4.78, 5) is 45.7. The molecule has 1 unspecified atom stereocenters. The molecule has 1 atom stereocenters. The van der Waals surface area contributed by atoms with Crippen molar-refractivity contribution in [3.63, 3.8) is 0 Å². The van der Waals surface area contributed by atoms with Crippen LogP contribution in [0.2, 0.25) is 0 Å². The predicted octanol–water partition coefficient (Wildman–Crippen LogP) is 6.16. The molecule has 0 fully saturated rings. The van der Waals surface area contributed by atoms with Gasteiger partial charge in [0.25, 0.3) is 0 Å². The smallest absolute Gasteiger partial charge is 0.330 e. The number of allylic oxidation sites excluding steroid dienone is 2. The van der Waals surface area contributed by atoms with Crippen LogP contribution in [0.4, 0.5) is 0 Å². The summed E-state index contributed by atoms with van der Waals surface area (Å²) < 4.78 is 20.4. The molecule has 0 spiro atoms. The van der Waals surface area contributed by atoms with Crippen molar-refractivity contribution in [3.8, 4) is 0 Å². The lowest BCUT2D eigenvalue weighted by Gasteiger charge is -2.11. The molecule has 0 amide bonds. The minimum absolute atomic E-state index is 0.0128. The summed E-state index contributed by atoms with van der Waals surface area (Å²) in [6.07, 6.45) is 18.3. The van der Waals surface area contributed by atoms with Crippen LogP contribution >= 0.6 is 0 Å². The van der Waals surface area contributed by atoms with Crippen LogP contribution in [0.3, 0.4) is 0 Å². The summed E-state index contributed by atoms with van der Waals surface area (Å²) >= 11 is 0. The van der Waals surface area contributed by atoms with Gasteiger partial charge in [0.15, 0.2) is 0 Å². The second-order valence-electron chi connectivity index (χ2n) is 8.94. The van der Waals surface area contributed by atoms with E-state index in [-0.39, 0.29) is 18.5 Å². The Bertz CT molecular complexity index is 683. The van der Waals surface area contributed by atoms with E-state index in [2.05, 4.69) is 0 Å². The van der Waals surface area contributed by atoms with Crippen molar-refractivity contribution in [1.82, 2.24) is 0 Å². The molecule has 0 saturated carbocycles. The maximum absolute atomic E-state index is 11.9. The highest BCUT2D eigenvalue weighted by Crippen LogP contribution is 2.08. The first kappa shape index (κ1) is 34.4. The number of carbonyl (C=O) groups is 4. The molecule has 0 aliphatic carbocycles. The second-order valence-corrected chi connectivity index (χ2v) is 8.94. The number of ether oxygens (including phenoxy) is 4. The zero-order chi connectivity index (χ0) is 27.6. The Morgan fingerprint density at radius 1 is 0.595 bits per heavy atom. The molecular formula is C29H48O8. The van der Waals surface area contributed by atoms with Crippen LogP contribution in [0.15, 0.2) is 24.3 Å². The van der Waals surface area contributed by atoms with Gasteiger partial charge in [0.05, 0.1) is 13.2 Å². The summed E-state index contributed by atoms with van der Waals surface area (Å²) in [5, 5.41) is 0. The summed E-state index contributed by atoms with van der Waals surface area (Å²) in [6, 6.07) is 0. The molecule has 0 aromatic carbocycles. The Morgan fingerprint density at radius 2 is 1.03 bits per heavy atom. The number of esters is 4. The number of carbonyl (C=O) groups excluding carboxylic acids is 4. The van der Waals surface area contributed by atoms with Crippen LogP contribution < -0.4 is 0 Å². The molecule has 0 aliphatic rings. The van der Waals surface area contributed by atoms with Crippen molar-refractivity contribution in [2.75, 3.05) is 19.8 Å². The lowest BCUT2D eigenvalue weighted by molar-refractivity contribution is -0.151. The minimum atomic E-state index is -0.520. The van der Waals surface area contributed by atoms with Gasteiger partial charge in [-0.25, -0.2) is 9.59 Å². The van der Waals surface area contributed by atoms with E-state index in [4.69, 9.17) is 18.9 Å². The molecule has 0 rings (SSSR count). The number of unbranched alkanes of at least 4 members (excludes halogenated alkanes) is 10. The summed E-state index contributed by atoms with van der Waals surface area (Å²) in [5.74, 6) is -1.19. The molecule has 8 heteroatoms. The van der Waals surface area contributed by atoms with Crippen molar-refractivity contribution in [3.05, 3.63) is 24.3 Å². The van der Waals surface area contributed by atoms with E-state index in [0.717, 1.165) is 77.0 Å². The molecule has 37 heavy (non-hydrogen) atoms. The van der Waals surface area contributed by atoms with E-state index in [1.54, 1.807) is 32.9 Å². The number of rotatable bonds is 23. The van der Waals surface area contributed by atoms with Gasteiger partial charge in [-0.2, -0.15) is 0 Å². The normalized spacial score (nSPS) is 12.0. The lowest BCUT2D eigenvalue weighted by Crippen LogP contribution is -2.20. The molecular weight excluding hydrogens is 476 g/mol. The van der Waals surface area contributed by atoms with Gasteiger partial charge in [-0.3, -0.25) is 9.59 Å². The SMILES string of the molecule is CCC(=O)OCCCCCCC/C=C/C(=O)OCC(C)OC(=O)/C=C/CCCCCCCOC(=O)CC. The van der Waals surface area contributed by atoms with Crippen LogP contribution in [0.1, 0.15) is 111 Å². The molecule has 0 N–H and O–H groups in total. The molecule has 8 nitrogen and oxygen atoms in total. The van der Waals surface area contributed by atoms with Gasteiger partial charge in [-0.15, -0.1) is 0 Å². The van der Waals surface area contributed by atoms with Gasteiger partial charge < -0.3 is 18.9 Å². The first-order valence-corrected chi connectivity index (χ1v) is 13.9. The van der Waals surface area contributed by atoms with E-state index in [1.807, 2.05) is 0 Å². The Kier molecular flexibility index (Phi) is 23.2. The Balaban J connectivity index is 3.65. The van der Waals surface area contributed by atoms with Crippen molar-refractivity contribution in [2.45, 2.75) is 117 Å². The molecule has 0 radical (unpaired) electrons. The third-order valence-electron chi connectivity index (χ3n) is 5.42. The van der Waals surface area contributed by atoms with Crippen LogP contribution in [0.5, 0.6) is 0 Å². The maximum Gasteiger partial charge on any atom is 0.330 e. The van der Waals surface area contributed by atoms with E-state index in [0.29, 0.717) is 26.1 Å². The maximum atomic E-state index is 11.9. The summed E-state index contributed by atoms with van der Waals surface area (Å²) in [5.41, 5.74) is 0. The topological polar surface area (TPSA) is 105 Å². The molecule has 0 aliphatic heterocycles. The molecule has 0 bridgehead atoms. The fraction of sp³-hybridized carbons (Fsp3) is 0.724. The lowest BCUT2D eigenvalue weighted by atomic mass is 10.1. The predicted molar refractivity (Wildman–Crippen MR) is 143 cm³/mol. The Hall–Kier alpha value is -2.64. The molecule has 0 aromatic rings. The van der Waals surface area contributed by atoms with Gasteiger partial charge in [0, 0.05) is 25.0 Å². The van der Waals surface area contributed by atoms with E-state index < -0.39 is 18.0 Å². The van der Waals surface area contributed by atoms with E-state index in [1.165, 1.54) is 12.2 Å². The highest BCUT2D eigenvalue weighted by molar-refractivity contribution is 5.82. The van der Waals surface area contributed by atoms with Crippen LogP contribution in [0.25, 0.3) is 0 Å². The average molecular weight is 525 g/mol. The number of hydrogen-bond acceptors (Lipinski definition) is 8. The molecule has 0 aromatic heterocycles. The molecule has 0 saturated heterocycles. The third kappa shape index (κ3) is 24.8. The van der Waals surface area contributed by atoms with Gasteiger partial charge >= 0.3 is 23.9 Å². The van der Waals surface area contributed by atoms with Crippen molar-refractivity contribution in [2.24, 2.45) is 0 Å². The van der Waals surface area contributed by atoms with Gasteiger partial charge in [0.1, 0.15) is 12.7 Å². The Morgan fingerprint density at radius 3 is 1.51 bits per heavy atom. The van der Waals surface area contributed by atoms with Gasteiger partial charge in [0.2, 0.25) is 0 Å². The van der Waals surface area contributed by atoms with Gasteiger partial charge in [-0.05, 0) is 45.4 Å². The van der Waals surface area contributed by atoms with Gasteiger partial charge in [-0.1, -0.05) is 64.5 Å².